The van der Waals surface area contributed by atoms with Crippen molar-refractivity contribution in [2.24, 2.45) is 0 Å². The number of aliphatic hydroxyl groups is 1. The van der Waals surface area contributed by atoms with Crippen molar-refractivity contribution in [1.82, 2.24) is 0 Å². The van der Waals surface area contributed by atoms with Crippen LogP contribution in [0.15, 0.2) is 18.2 Å². The van der Waals surface area contributed by atoms with E-state index in [1.165, 1.54) is 18.2 Å². The van der Waals surface area contributed by atoms with Crippen LogP contribution in [0, 0.1) is 6.92 Å². The molecule has 0 heterocycles. The van der Waals surface area contributed by atoms with Crippen LogP contribution in [0.25, 0.3) is 0 Å². The Hall–Kier alpha value is -1.55. The molecule has 0 bridgehead atoms. The fraction of sp³-hybridized carbons (Fsp3) is 0.364. The van der Waals surface area contributed by atoms with Gasteiger partial charge in [-0.1, -0.05) is 6.92 Å². The highest BCUT2D eigenvalue weighted by Crippen LogP contribution is 2.17. The van der Waals surface area contributed by atoms with E-state index in [1.54, 1.807) is 13.8 Å². The number of hydrogen-bond acceptors (Lipinski definition) is 4. The van der Waals surface area contributed by atoms with E-state index in [0.29, 0.717) is 17.5 Å². The third kappa shape index (κ3) is 2.95. The first-order valence-corrected chi connectivity index (χ1v) is 4.73. The first-order chi connectivity index (χ1) is 7.04. The second-order valence-electron chi connectivity index (χ2n) is 3.27. The van der Waals surface area contributed by atoms with Crippen molar-refractivity contribution >= 4 is 5.97 Å². The van der Waals surface area contributed by atoms with Crippen LogP contribution in [0.5, 0.6) is 5.75 Å². The molecule has 1 aromatic rings. The summed E-state index contributed by atoms with van der Waals surface area (Å²) in [5.74, 6) is -0.484. The Morgan fingerprint density at radius 1 is 1.53 bits per heavy atom. The van der Waals surface area contributed by atoms with Crippen LogP contribution in [-0.2, 0) is 4.74 Å². The average Bonchev–Trinajstić information content (AvgIpc) is 2.17. The molecule has 0 saturated carbocycles. The largest absolute Gasteiger partial charge is 0.508 e. The summed E-state index contributed by atoms with van der Waals surface area (Å²) in [6, 6.07) is 4.34. The molecule has 0 aliphatic carbocycles. The lowest BCUT2D eigenvalue weighted by Gasteiger charge is -2.11. The predicted molar refractivity (Wildman–Crippen MR) is 54.6 cm³/mol. The van der Waals surface area contributed by atoms with Gasteiger partial charge in [-0.2, -0.15) is 0 Å². The number of rotatable bonds is 3. The van der Waals surface area contributed by atoms with Gasteiger partial charge in [0.2, 0.25) is 6.29 Å². The van der Waals surface area contributed by atoms with E-state index in [0.717, 1.165) is 0 Å². The lowest BCUT2D eigenvalue weighted by Crippen LogP contribution is -2.17. The fourth-order valence-corrected chi connectivity index (χ4v) is 1.15. The SMILES string of the molecule is CCC(O)OC(=O)c1ccc(O)cc1C. The maximum Gasteiger partial charge on any atom is 0.340 e. The molecule has 1 rings (SSSR count). The molecule has 4 heteroatoms. The van der Waals surface area contributed by atoms with Gasteiger partial charge < -0.3 is 14.9 Å². The van der Waals surface area contributed by atoms with Crippen LogP contribution in [0.1, 0.15) is 29.3 Å². The number of carbonyl (C=O) groups is 1. The van der Waals surface area contributed by atoms with Crippen LogP contribution in [0.2, 0.25) is 0 Å². The maximum absolute atomic E-state index is 11.5. The Morgan fingerprint density at radius 2 is 2.20 bits per heavy atom. The number of esters is 1. The molecule has 0 radical (unpaired) electrons. The molecule has 0 spiro atoms. The van der Waals surface area contributed by atoms with Gasteiger partial charge in [0.1, 0.15) is 5.75 Å². The summed E-state index contributed by atoms with van der Waals surface area (Å²) in [7, 11) is 0. The molecule has 0 saturated heterocycles. The molecule has 0 fully saturated rings. The zero-order valence-corrected chi connectivity index (χ0v) is 8.73. The first kappa shape index (κ1) is 11.5. The molecule has 15 heavy (non-hydrogen) atoms. The number of aliphatic hydroxyl groups excluding tert-OH is 1. The fourth-order valence-electron chi connectivity index (χ4n) is 1.15. The minimum absolute atomic E-state index is 0.0973. The summed E-state index contributed by atoms with van der Waals surface area (Å²) in [5.41, 5.74) is 0.962. The summed E-state index contributed by atoms with van der Waals surface area (Å²) < 4.78 is 4.74. The number of carbonyl (C=O) groups excluding carboxylic acids is 1. The molecule has 82 valence electrons. The van der Waals surface area contributed by atoms with E-state index in [-0.39, 0.29) is 5.75 Å². The second-order valence-corrected chi connectivity index (χ2v) is 3.27. The van der Waals surface area contributed by atoms with Gasteiger partial charge in [0.15, 0.2) is 0 Å². The molecule has 0 amide bonds. The molecule has 1 atom stereocenters. The van der Waals surface area contributed by atoms with Crippen LogP contribution >= 0.6 is 0 Å². The minimum Gasteiger partial charge on any atom is -0.508 e. The topological polar surface area (TPSA) is 66.8 Å². The van der Waals surface area contributed by atoms with E-state index in [2.05, 4.69) is 0 Å². The van der Waals surface area contributed by atoms with E-state index in [4.69, 9.17) is 14.9 Å². The summed E-state index contributed by atoms with van der Waals surface area (Å²) in [4.78, 5) is 11.5. The van der Waals surface area contributed by atoms with Gasteiger partial charge in [0.05, 0.1) is 5.56 Å². The normalized spacial score (nSPS) is 12.2. The van der Waals surface area contributed by atoms with Crippen molar-refractivity contribution in [3.8, 4) is 5.75 Å². The van der Waals surface area contributed by atoms with E-state index >= 15 is 0 Å². The molecule has 1 aromatic carbocycles. The van der Waals surface area contributed by atoms with E-state index in [1.807, 2.05) is 0 Å². The number of phenols is 1. The van der Waals surface area contributed by atoms with Crippen LogP contribution in [0.4, 0.5) is 0 Å². The average molecular weight is 210 g/mol. The maximum atomic E-state index is 11.5. The molecule has 0 aliphatic heterocycles. The summed E-state index contributed by atoms with van der Waals surface area (Å²) >= 11 is 0. The summed E-state index contributed by atoms with van der Waals surface area (Å²) in [5, 5.41) is 18.3. The number of ether oxygens (including phenoxy) is 1. The van der Waals surface area contributed by atoms with Crippen molar-refractivity contribution in [3.05, 3.63) is 29.3 Å². The molecule has 1 unspecified atom stereocenters. The highest BCUT2D eigenvalue weighted by molar-refractivity contribution is 5.91. The van der Waals surface area contributed by atoms with Gasteiger partial charge in [0.25, 0.3) is 0 Å². The quantitative estimate of drug-likeness (QED) is 0.587. The van der Waals surface area contributed by atoms with Crippen molar-refractivity contribution in [1.29, 1.82) is 0 Å². The third-order valence-electron chi connectivity index (χ3n) is 2.02. The molecule has 4 nitrogen and oxygen atoms in total. The molecular formula is C11H14O4. The van der Waals surface area contributed by atoms with Crippen molar-refractivity contribution < 1.29 is 19.7 Å². The number of aromatic hydroxyl groups is 1. The first-order valence-electron chi connectivity index (χ1n) is 4.73. The lowest BCUT2D eigenvalue weighted by molar-refractivity contribution is -0.0657. The minimum atomic E-state index is -1.08. The van der Waals surface area contributed by atoms with Crippen LogP contribution in [0.3, 0.4) is 0 Å². The van der Waals surface area contributed by atoms with Gasteiger partial charge in [-0.15, -0.1) is 0 Å². The number of phenolic OH excluding ortho intramolecular Hbond substituents is 1. The Kier molecular flexibility index (Phi) is 3.68. The van der Waals surface area contributed by atoms with Crippen LogP contribution < -0.4 is 0 Å². The van der Waals surface area contributed by atoms with Crippen molar-refractivity contribution in [2.75, 3.05) is 0 Å². The standard InChI is InChI=1S/C11H14O4/c1-3-10(13)15-11(14)9-5-4-8(12)6-7(9)2/h4-6,10,12-13H,3H2,1-2H3. The van der Waals surface area contributed by atoms with E-state index < -0.39 is 12.3 Å². The van der Waals surface area contributed by atoms with Crippen LogP contribution in [-0.4, -0.2) is 22.5 Å². The third-order valence-corrected chi connectivity index (χ3v) is 2.02. The van der Waals surface area contributed by atoms with Crippen molar-refractivity contribution in [2.45, 2.75) is 26.6 Å². The van der Waals surface area contributed by atoms with E-state index in [9.17, 15) is 4.79 Å². The van der Waals surface area contributed by atoms with Gasteiger partial charge >= 0.3 is 5.97 Å². The van der Waals surface area contributed by atoms with Crippen molar-refractivity contribution in [3.63, 3.8) is 0 Å². The number of hydrogen-bond donors (Lipinski definition) is 2. The smallest absolute Gasteiger partial charge is 0.340 e. The monoisotopic (exact) mass is 210 g/mol. The summed E-state index contributed by atoms with van der Waals surface area (Å²) in [6.07, 6.45) is -0.728. The second kappa shape index (κ2) is 4.79. The molecule has 0 aliphatic rings. The van der Waals surface area contributed by atoms with Gasteiger partial charge in [-0.3, -0.25) is 0 Å². The molecular weight excluding hydrogens is 196 g/mol. The van der Waals surface area contributed by atoms with Gasteiger partial charge in [0, 0.05) is 6.42 Å². The lowest BCUT2D eigenvalue weighted by atomic mass is 10.1. The Balaban J connectivity index is 2.82. The predicted octanol–water partition coefficient (Wildman–Crippen LogP) is 1.59. The number of aryl methyl sites for hydroxylation is 1. The zero-order chi connectivity index (χ0) is 11.4. The highest BCUT2D eigenvalue weighted by Gasteiger charge is 2.14. The Morgan fingerprint density at radius 3 is 2.73 bits per heavy atom. The molecule has 2 N–H and O–H groups in total. The summed E-state index contributed by atoms with van der Waals surface area (Å²) in [6.45, 7) is 3.40. The Bertz CT molecular complexity index is 360. The molecule has 0 aromatic heterocycles. The highest BCUT2D eigenvalue weighted by atomic mass is 16.6. The van der Waals surface area contributed by atoms with Gasteiger partial charge in [-0.25, -0.2) is 4.79 Å². The zero-order valence-electron chi connectivity index (χ0n) is 8.73. The number of benzene rings is 1. The Labute approximate surface area is 88.1 Å². The van der Waals surface area contributed by atoms with Gasteiger partial charge in [-0.05, 0) is 30.7 Å².